The largest absolute Gasteiger partial charge is 0.461 e. The summed E-state index contributed by atoms with van der Waals surface area (Å²) in [6.45, 7) is 0. The Hall–Kier alpha value is -0.560. The van der Waals surface area contributed by atoms with Gasteiger partial charge in [-0.05, 0) is 34.1 Å². The summed E-state index contributed by atoms with van der Waals surface area (Å²) in [4.78, 5) is -1.53. The molecule has 0 fully saturated rings. The van der Waals surface area contributed by atoms with E-state index in [0.717, 1.165) is 12.1 Å². The molecule has 0 N–H and O–H groups in total. The molecule has 2 nitrogen and oxygen atoms in total. The van der Waals surface area contributed by atoms with Crippen LogP contribution >= 0.6 is 55.1 Å². The number of halogens is 11. The van der Waals surface area contributed by atoms with E-state index >= 15 is 0 Å². The predicted octanol–water partition coefficient (Wildman–Crippen LogP) is 7.55. The van der Waals surface area contributed by atoms with E-state index in [-0.39, 0.29) is 24.6 Å². The smallest absolute Gasteiger partial charge is 0.217 e. The molecule has 2 rings (SSSR count). The maximum atomic E-state index is 14.1. The Balaban J connectivity index is 2.91. The first-order valence-electron chi connectivity index (χ1n) is 6.89. The first-order chi connectivity index (χ1) is 12.9. The highest BCUT2D eigenvalue weighted by Crippen LogP contribution is 2.53. The monoisotopic (exact) mass is 609 g/mol. The minimum Gasteiger partial charge on any atom is -0.217 e. The Morgan fingerprint density at radius 3 is 1.97 bits per heavy atom. The van der Waals surface area contributed by atoms with E-state index in [2.05, 4.69) is 37.9 Å². The van der Waals surface area contributed by atoms with Crippen LogP contribution in [0.1, 0.15) is 0 Å². The van der Waals surface area contributed by atoms with Crippen molar-refractivity contribution in [1.29, 1.82) is 0 Å². The molecule has 2 aromatic carbocycles. The number of hydrogen-bond donors (Lipinski definition) is 0. The van der Waals surface area contributed by atoms with E-state index in [1.165, 1.54) is 6.07 Å². The fourth-order valence-corrected chi connectivity index (χ4v) is 5.73. The standard InChI is InChI=1S/C15H4Br2Cl2F7O2S/c16-6-3-9(17)12(8-2-1-7(18)5-10(8)19)11(4-6)29(27,28)15(25,26)13(20,21)14(22,23)24/h1-2,4-5H. The summed E-state index contributed by atoms with van der Waals surface area (Å²) in [5, 5.41) is -6.75. The molecule has 29 heavy (non-hydrogen) atoms. The summed E-state index contributed by atoms with van der Waals surface area (Å²) in [5.74, 6) is -6.88. The van der Waals surface area contributed by atoms with E-state index in [4.69, 9.17) is 23.2 Å². The van der Waals surface area contributed by atoms with E-state index < -0.39 is 37.6 Å². The molecular weight excluding hydrogens is 608 g/mol. The second kappa shape index (κ2) is 7.85. The highest BCUT2D eigenvalue weighted by molar-refractivity contribution is 9.11. The van der Waals surface area contributed by atoms with E-state index in [9.17, 15) is 39.2 Å². The maximum absolute atomic E-state index is 14.1. The van der Waals surface area contributed by atoms with Crippen molar-refractivity contribution in [3.63, 3.8) is 0 Å². The normalized spacial score (nSPS) is 13.6. The van der Waals surface area contributed by atoms with Gasteiger partial charge in [0.05, 0.1) is 4.90 Å². The highest BCUT2D eigenvalue weighted by atomic mass is 79.9. The first kappa shape index (κ1) is 24.7. The van der Waals surface area contributed by atoms with Gasteiger partial charge in [-0.2, -0.15) is 30.7 Å². The van der Waals surface area contributed by atoms with Crippen LogP contribution in [0.2, 0.25) is 10.0 Å². The molecule has 0 spiro atoms. The van der Waals surface area contributed by atoms with Crippen molar-refractivity contribution >= 4 is 64.9 Å². The summed E-state index contributed by atoms with van der Waals surface area (Å²) in [6.07, 6.45) is -6.84. The molecule has 0 saturated heterocycles. The molecule has 14 heteroatoms. The predicted molar refractivity (Wildman–Crippen MR) is 99.3 cm³/mol. The molecule has 0 aromatic heterocycles. The summed E-state index contributed by atoms with van der Waals surface area (Å²) >= 11 is 17.2. The van der Waals surface area contributed by atoms with Crippen LogP contribution in [0.5, 0.6) is 0 Å². The van der Waals surface area contributed by atoms with Gasteiger partial charge >= 0.3 is 17.4 Å². The lowest BCUT2D eigenvalue weighted by Gasteiger charge is -2.28. The molecule has 0 aliphatic rings. The maximum Gasteiger partial charge on any atom is 0.461 e. The minimum absolute atomic E-state index is 0.0642. The Morgan fingerprint density at radius 1 is 0.931 bits per heavy atom. The van der Waals surface area contributed by atoms with Gasteiger partial charge in [0, 0.05) is 36.2 Å². The molecule has 0 atom stereocenters. The minimum atomic E-state index is -6.88. The second-order valence-corrected chi connectivity index (χ2v) is 9.84. The fraction of sp³-hybridized carbons (Fsp3) is 0.200. The van der Waals surface area contributed by atoms with Gasteiger partial charge in [-0.15, -0.1) is 0 Å². The van der Waals surface area contributed by atoms with Crippen molar-refractivity contribution in [2.24, 2.45) is 0 Å². The van der Waals surface area contributed by atoms with Crippen molar-refractivity contribution in [2.45, 2.75) is 22.2 Å². The molecule has 0 aliphatic heterocycles. The van der Waals surface area contributed by atoms with E-state index in [0.29, 0.717) is 6.07 Å². The molecule has 0 aliphatic carbocycles. The Kier molecular flexibility index (Phi) is 6.69. The zero-order chi connectivity index (χ0) is 22.6. The lowest BCUT2D eigenvalue weighted by Crippen LogP contribution is -2.56. The molecule has 0 saturated carbocycles. The summed E-state index contributed by atoms with van der Waals surface area (Å²) in [6, 6.07) is 6.19. The highest BCUT2D eigenvalue weighted by Gasteiger charge is 2.78. The van der Waals surface area contributed by atoms with Crippen LogP contribution in [0.3, 0.4) is 0 Å². The lowest BCUT2D eigenvalue weighted by molar-refractivity contribution is -0.332. The van der Waals surface area contributed by atoms with Crippen LogP contribution in [0.15, 0.2) is 38.1 Å². The van der Waals surface area contributed by atoms with Gasteiger partial charge < -0.3 is 0 Å². The van der Waals surface area contributed by atoms with Gasteiger partial charge in [0.2, 0.25) is 0 Å². The van der Waals surface area contributed by atoms with Gasteiger partial charge in [-0.3, -0.25) is 0 Å². The van der Waals surface area contributed by atoms with Crippen LogP contribution in [0, 0.1) is 6.07 Å². The van der Waals surface area contributed by atoms with Gasteiger partial charge in [0.25, 0.3) is 9.84 Å². The number of rotatable bonds is 4. The lowest BCUT2D eigenvalue weighted by atomic mass is 10.1. The topological polar surface area (TPSA) is 34.1 Å². The zero-order valence-electron chi connectivity index (χ0n) is 13.2. The number of benzene rings is 2. The van der Waals surface area contributed by atoms with Crippen molar-refractivity contribution < 1.29 is 39.2 Å². The third kappa shape index (κ3) is 4.15. The van der Waals surface area contributed by atoms with Crippen LogP contribution < -0.4 is 0 Å². The van der Waals surface area contributed by atoms with Crippen LogP contribution in [0.4, 0.5) is 30.7 Å². The number of sulfone groups is 1. The van der Waals surface area contributed by atoms with E-state index in [1.54, 1.807) is 0 Å². The van der Waals surface area contributed by atoms with Crippen LogP contribution in [0.25, 0.3) is 11.1 Å². The average Bonchev–Trinajstić information content (AvgIpc) is 2.53. The molecule has 0 heterocycles. The quantitative estimate of drug-likeness (QED) is 0.335. The average molecular weight is 612 g/mol. The SMILES string of the molecule is O=S(=O)(c1cc(Br)[c]c(Br)c1-c1ccc(Cl)cc1Cl)C(F)(F)C(F)(F)C(F)(F)F. The molecule has 1 radical (unpaired) electrons. The fourth-order valence-electron chi connectivity index (χ4n) is 2.13. The first-order valence-corrected chi connectivity index (χ1v) is 10.7. The third-order valence-corrected chi connectivity index (χ3v) is 6.90. The summed E-state index contributed by atoms with van der Waals surface area (Å²) < 4.78 is 117. The summed E-state index contributed by atoms with van der Waals surface area (Å²) in [5.41, 5.74) is -0.982. The van der Waals surface area contributed by atoms with Gasteiger partial charge in [-0.25, -0.2) is 8.42 Å². The Bertz CT molecular complexity index is 1070. The molecule has 2 aromatic rings. The third-order valence-electron chi connectivity index (χ3n) is 3.50. The molecule has 0 bridgehead atoms. The zero-order valence-corrected chi connectivity index (χ0v) is 18.7. The number of alkyl halides is 7. The van der Waals surface area contributed by atoms with Crippen LogP contribution in [-0.4, -0.2) is 25.8 Å². The summed E-state index contributed by atoms with van der Waals surface area (Å²) in [7, 11) is -6.60. The van der Waals surface area contributed by atoms with Gasteiger partial charge in [0.1, 0.15) is 0 Å². The van der Waals surface area contributed by atoms with Gasteiger partial charge in [-0.1, -0.05) is 45.2 Å². The van der Waals surface area contributed by atoms with Crippen molar-refractivity contribution in [1.82, 2.24) is 0 Å². The van der Waals surface area contributed by atoms with Crippen molar-refractivity contribution in [2.75, 3.05) is 0 Å². The van der Waals surface area contributed by atoms with Crippen LogP contribution in [-0.2, 0) is 9.84 Å². The second-order valence-electron chi connectivity index (χ2n) is 5.39. The molecule has 0 amide bonds. The number of hydrogen-bond acceptors (Lipinski definition) is 2. The van der Waals surface area contributed by atoms with Gasteiger partial charge in [0.15, 0.2) is 0 Å². The Morgan fingerprint density at radius 2 is 1.48 bits per heavy atom. The molecule has 0 unspecified atom stereocenters. The Labute approximate surface area is 186 Å². The van der Waals surface area contributed by atoms with E-state index in [1.807, 2.05) is 0 Å². The van der Waals surface area contributed by atoms with Crippen molar-refractivity contribution in [3.05, 3.63) is 49.3 Å². The molecule has 159 valence electrons. The molecular formula is C15H4Br2Cl2F7O2S. The van der Waals surface area contributed by atoms with Crippen molar-refractivity contribution in [3.8, 4) is 11.1 Å².